The van der Waals surface area contributed by atoms with Gasteiger partial charge in [0.25, 0.3) is 0 Å². The molecule has 0 spiro atoms. The zero-order valence-corrected chi connectivity index (χ0v) is 9.77. The van der Waals surface area contributed by atoms with Crippen LogP contribution >= 0.6 is 0 Å². The highest BCUT2D eigenvalue weighted by Gasteiger charge is 2.15. The number of carbonyl (C=O) groups excluding carboxylic acids is 1. The number of nitriles is 1. The van der Waals surface area contributed by atoms with Crippen LogP contribution in [0.15, 0.2) is 24.3 Å². The highest BCUT2D eigenvalue weighted by atomic mass is 19.1. The monoisotopic (exact) mass is 235 g/mol. The second kappa shape index (κ2) is 5.85. The van der Waals surface area contributed by atoms with Gasteiger partial charge in [0, 0.05) is 14.1 Å². The van der Waals surface area contributed by atoms with Crippen molar-refractivity contribution in [1.29, 1.82) is 5.26 Å². The topological polar surface area (TPSA) is 56.1 Å². The fraction of sp³-hybridized carbons (Fsp3) is 0.333. The van der Waals surface area contributed by atoms with Gasteiger partial charge in [0.15, 0.2) is 0 Å². The molecule has 1 rings (SSSR count). The lowest BCUT2D eigenvalue weighted by atomic mass is 10.2. The second-order valence-electron chi connectivity index (χ2n) is 3.80. The van der Waals surface area contributed by atoms with Crippen LogP contribution in [0.25, 0.3) is 0 Å². The minimum atomic E-state index is -0.734. The number of nitrogens with zero attached hydrogens (tertiary/aromatic N) is 2. The maximum Gasteiger partial charge on any atom is 0.225 e. The van der Waals surface area contributed by atoms with Gasteiger partial charge in [-0.25, -0.2) is 4.39 Å². The summed E-state index contributed by atoms with van der Waals surface area (Å²) in [5.41, 5.74) is 0.227. The summed E-state index contributed by atoms with van der Waals surface area (Å²) in [4.78, 5) is 12.8. The number of hydrogen-bond donors (Lipinski definition) is 1. The molecule has 0 fully saturated rings. The molecule has 1 atom stereocenters. The summed E-state index contributed by atoms with van der Waals surface area (Å²) in [6.45, 7) is 0. The van der Waals surface area contributed by atoms with Gasteiger partial charge in [-0.05, 0) is 12.1 Å². The van der Waals surface area contributed by atoms with E-state index in [9.17, 15) is 9.18 Å². The molecule has 0 aliphatic rings. The summed E-state index contributed by atoms with van der Waals surface area (Å²) in [5.74, 6) is -0.620. The summed E-state index contributed by atoms with van der Waals surface area (Å²) < 4.78 is 13.3. The van der Waals surface area contributed by atoms with Crippen LogP contribution in [0, 0.1) is 17.1 Å². The van der Waals surface area contributed by atoms with Gasteiger partial charge in [-0.15, -0.1) is 0 Å². The van der Waals surface area contributed by atoms with Crippen molar-refractivity contribution in [2.75, 3.05) is 19.4 Å². The van der Waals surface area contributed by atoms with Crippen molar-refractivity contribution in [1.82, 2.24) is 4.90 Å². The number of nitrogens with one attached hydrogen (secondary N) is 1. The predicted octanol–water partition coefficient (Wildman–Crippen LogP) is 1.61. The molecule has 0 aromatic heterocycles. The van der Waals surface area contributed by atoms with Crippen LogP contribution in [0.1, 0.15) is 6.42 Å². The Morgan fingerprint density at radius 3 is 2.71 bits per heavy atom. The maximum atomic E-state index is 13.3. The first-order chi connectivity index (χ1) is 8.04. The van der Waals surface area contributed by atoms with Gasteiger partial charge >= 0.3 is 0 Å². The molecule has 4 nitrogen and oxygen atoms in total. The molecule has 1 N–H and O–H groups in total. The minimum absolute atomic E-state index is 0.0117. The summed E-state index contributed by atoms with van der Waals surface area (Å²) >= 11 is 0. The Bertz CT molecular complexity index is 440. The van der Waals surface area contributed by atoms with Crippen molar-refractivity contribution in [2.45, 2.75) is 12.5 Å². The highest BCUT2D eigenvalue weighted by Crippen LogP contribution is 2.14. The van der Waals surface area contributed by atoms with Crippen molar-refractivity contribution >= 4 is 11.6 Å². The van der Waals surface area contributed by atoms with Crippen LogP contribution in [-0.2, 0) is 4.79 Å². The van der Waals surface area contributed by atoms with E-state index < -0.39 is 11.9 Å². The van der Waals surface area contributed by atoms with Gasteiger partial charge in [-0.1, -0.05) is 12.1 Å². The third kappa shape index (κ3) is 3.76. The molecule has 0 aliphatic carbocycles. The van der Waals surface area contributed by atoms with E-state index in [-0.39, 0.29) is 18.0 Å². The Kier molecular flexibility index (Phi) is 4.46. The molecule has 90 valence electrons. The molecule has 0 aliphatic heterocycles. The van der Waals surface area contributed by atoms with E-state index in [4.69, 9.17) is 5.26 Å². The van der Waals surface area contributed by atoms with Crippen molar-refractivity contribution in [3.05, 3.63) is 30.1 Å². The van der Waals surface area contributed by atoms with E-state index in [1.165, 1.54) is 17.0 Å². The quantitative estimate of drug-likeness (QED) is 0.862. The van der Waals surface area contributed by atoms with Crippen LogP contribution in [0.3, 0.4) is 0 Å². The van der Waals surface area contributed by atoms with E-state index in [0.29, 0.717) is 0 Å². The van der Waals surface area contributed by atoms with Crippen LogP contribution in [-0.4, -0.2) is 30.9 Å². The molecule has 1 amide bonds. The van der Waals surface area contributed by atoms with Crippen molar-refractivity contribution in [3.8, 4) is 6.07 Å². The molecule has 0 radical (unpaired) electrons. The van der Waals surface area contributed by atoms with E-state index >= 15 is 0 Å². The number of amides is 1. The lowest BCUT2D eigenvalue weighted by Gasteiger charge is -2.15. The molecular weight excluding hydrogens is 221 g/mol. The molecule has 0 bridgehead atoms. The van der Waals surface area contributed by atoms with E-state index in [0.717, 1.165) is 0 Å². The van der Waals surface area contributed by atoms with E-state index in [2.05, 4.69) is 5.32 Å². The van der Waals surface area contributed by atoms with Crippen molar-refractivity contribution in [2.24, 2.45) is 0 Å². The van der Waals surface area contributed by atoms with E-state index in [1.54, 1.807) is 26.2 Å². The normalized spacial score (nSPS) is 11.4. The molecule has 0 saturated carbocycles. The standard InChI is InChI=1S/C12H14FN3O/c1-16(2)12(17)7-9(8-14)15-11-6-4-3-5-10(11)13/h3-6,9,15H,7H2,1-2H3. The van der Waals surface area contributed by atoms with Crippen LogP contribution in [0.4, 0.5) is 10.1 Å². The van der Waals surface area contributed by atoms with Gasteiger partial charge in [0.1, 0.15) is 11.9 Å². The second-order valence-corrected chi connectivity index (χ2v) is 3.80. The largest absolute Gasteiger partial charge is 0.367 e. The van der Waals surface area contributed by atoms with Crippen LogP contribution in [0.5, 0.6) is 0 Å². The number of rotatable bonds is 4. The molecule has 1 aromatic rings. The smallest absolute Gasteiger partial charge is 0.225 e. The molecule has 0 heterocycles. The lowest BCUT2D eigenvalue weighted by Crippen LogP contribution is -2.29. The number of hydrogen-bond acceptors (Lipinski definition) is 3. The molecule has 5 heteroatoms. The minimum Gasteiger partial charge on any atom is -0.367 e. The number of anilines is 1. The fourth-order valence-corrected chi connectivity index (χ4v) is 1.25. The SMILES string of the molecule is CN(C)C(=O)CC(C#N)Nc1ccccc1F. The Morgan fingerprint density at radius 1 is 1.53 bits per heavy atom. The zero-order valence-electron chi connectivity index (χ0n) is 9.77. The first kappa shape index (κ1) is 13.0. The molecule has 1 aromatic carbocycles. The Labute approximate surface area is 99.7 Å². The van der Waals surface area contributed by atoms with Crippen molar-refractivity contribution < 1.29 is 9.18 Å². The average molecular weight is 235 g/mol. The Morgan fingerprint density at radius 2 is 2.18 bits per heavy atom. The predicted molar refractivity (Wildman–Crippen MR) is 62.7 cm³/mol. The summed E-state index contributed by atoms with van der Waals surface area (Å²) in [7, 11) is 3.22. The first-order valence-corrected chi connectivity index (χ1v) is 5.15. The number of para-hydroxylation sites is 1. The summed E-state index contributed by atoms with van der Waals surface area (Å²) in [6.07, 6.45) is 0.0117. The number of halogens is 1. The third-order valence-electron chi connectivity index (χ3n) is 2.24. The lowest BCUT2D eigenvalue weighted by molar-refractivity contribution is -0.128. The van der Waals surface area contributed by atoms with Gasteiger partial charge in [0.2, 0.25) is 5.91 Å². The first-order valence-electron chi connectivity index (χ1n) is 5.15. The molecule has 17 heavy (non-hydrogen) atoms. The number of carbonyl (C=O) groups is 1. The molecular formula is C12H14FN3O. The van der Waals surface area contributed by atoms with Gasteiger partial charge in [-0.2, -0.15) is 5.26 Å². The van der Waals surface area contributed by atoms with Gasteiger partial charge < -0.3 is 10.2 Å². The Balaban J connectivity index is 2.69. The Hall–Kier alpha value is -2.09. The van der Waals surface area contributed by atoms with Crippen LogP contribution < -0.4 is 5.32 Å². The highest BCUT2D eigenvalue weighted by molar-refractivity contribution is 5.77. The van der Waals surface area contributed by atoms with Gasteiger partial charge in [0.05, 0.1) is 18.2 Å². The zero-order chi connectivity index (χ0) is 12.8. The van der Waals surface area contributed by atoms with Crippen molar-refractivity contribution in [3.63, 3.8) is 0 Å². The van der Waals surface area contributed by atoms with Gasteiger partial charge in [-0.3, -0.25) is 4.79 Å². The third-order valence-corrected chi connectivity index (χ3v) is 2.24. The van der Waals surface area contributed by atoms with E-state index in [1.807, 2.05) is 6.07 Å². The number of benzene rings is 1. The maximum absolute atomic E-state index is 13.3. The molecule has 1 unspecified atom stereocenters. The summed E-state index contributed by atoms with van der Waals surface area (Å²) in [5, 5.41) is 11.6. The van der Waals surface area contributed by atoms with Crippen LogP contribution in [0.2, 0.25) is 0 Å². The molecule has 0 saturated heterocycles. The summed E-state index contributed by atoms with van der Waals surface area (Å²) in [6, 6.07) is 7.25. The average Bonchev–Trinajstić information content (AvgIpc) is 2.30. The fourth-order valence-electron chi connectivity index (χ4n) is 1.25.